The van der Waals surface area contributed by atoms with Crippen LogP contribution in [0.4, 0.5) is 4.79 Å². The number of methoxy groups -OCH3 is 1. The lowest BCUT2D eigenvalue weighted by Crippen LogP contribution is -2.40. The molecule has 0 rings (SSSR count). The molecule has 0 aromatic rings. The number of halogens is 1. The maximum atomic E-state index is 10.8. The Hall–Kier alpha value is -0.280. The summed E-state index contributed by atoms with van der Waals surface area (Å²) in [5.41, 5.74) is 0. The van der Waals surface area contributed by atoms with Crippen LogP contribution in [0.1, 0.15) is 19.8 Å². The van der Waals surface area contributed by atoms with E-state index in [-0.39, 0.29) is 16.1 Å². The van der Waals surface area contributed by atoms with Crippen LogP contribution < -0.4 is 5.32 Å². The summed E-state index contributed by atoms with van der Waals surface area (Å²) in [6.07, 6.45) is 7.02. The first kappa shape index (κ1) is 12.7. The number of carbonyl (C=O) groups is 1. The summed E-state index contributed by atoms with van der Waals surface area (Å²) < 4.78 is 5.03. The van der Waals surface area contributed by atoms with Crippen LogP contribution in [-0.4, -0.2) is 23.2 Å². The zero-order valence-corrected chi connectivity index (χ0v) is 10.00. The Bertz CT molecular complexity index is 200. The van der Waals surface area contributed by atoms with E-state index in [2.05, 4.69) is 11.2 Å². The first-order valence-corrected chi connectivity index (χ1v) is 5.18. The normalized spacial score (nSPS) is 14.3. The molecular weight excluding hydrogens is 281 g/mol. The van der Waals surface area contributed by atoms with E-state index in [1.165, 1.54) is 0 Å². The predicted octanol–water partition coefficient (Wildman–Crippen LogP) is 1.95. The third-order valence-electron chi connectivity index (χ3n) is 1.70. The van der Waals surface area contributed by atoms with Crippen LogP contribution >= 0.6 is 22.6 Å². The Morgan fingerprint density at radius 3 is 2.69 bits per heavy atom. The van der Waals surface area contributed by atoms with E-state index in [0.29, 0.717) is 0 Å². The van der Waals surface area contributed by atoms with Crippen LogP contribution in [0.2, 0.25) is 0 Å². The average molecular weight is 295 g/mol. The summed E-state index contributed by atoms with van der Waals surface area (Å²) >= 11 is 1.66. The van der Waals surface area contributed by atoms with E-state index in [0.717, 1.165) is 12.8 Å². The molecule has 0 aliphatic carbocycles. The van der Waals surface area contributed by atoms with Gasteiger partial charge in [-0.25, -0.2) is 0 Å². The highest BCUT2D eigenvalue weighted by Crippen LogP contribution is 2.06. The minimum absolute atomic E-state index is 0.0892. The van der Waals surface area contributed by atoms with Crippen molar-refractivity contribution in [2.45, 2.75) is 31.9 Å². The van der Waals surface area contributed by atoms with Gasteiger partial charge in [0.25, 0.3) is 3.91 Å². The standard InChI is InChI=1S/C9H14INO2/c1-4-6-8(13-3)7(5-2)11-9(10)12/h2,7-8H,4,6H2,1,3H3,(H,11,12)/t7-,8+/m0/s1. The third kappa shape index (κ3) is 5.11. The molecule has 0 aromatic heterocycles. The molecule has 3 nitrogen and oxygen atoms in total. The minimum atomic E-state index is -0.325. The van der Waals surface area contributed by atoms with Gasteiger partial charge in [0.05, 0.1) is 6.10 Å². The van der Waals surface area contributed by atoms with Crippen LogP contribution in [0.25, 0.3) is 0 Å². The molecule has 0 aromatic carbocycles. The van der Waals surface area contributed by atoms with Crippen molar-refractivity contribution in [3.05, 3.63) is 0 Å². The van der Waals surface area contributed by atoms with Crippen molar-refractivity contribution < 1.29 is 9.53 Å². The summed E-state index contributed by atoms with van der Waals surface area (Å²) in [5.74, 6) is 2.51. The lowest BCUT2D eigenvalue weighted by Gasteiger charge is -2.21. The molecule has 0 radical (unpaired) electrons. The third-order valence-corrected chi connectivity index (χ3v) is 2.01. The Morgan fingerprint density at radius 2 is 2.38 bits per heavy atom. The molecule has 1 amide bonds. The SMILES string of the molecule is C#C[C@H](NC(=O)I)[C@@H](CCC)OC. The maximum absolute atomic E-state index is 10.8. The molecule has 0 spiro atoms. The van der Waals surface area contributed by atoms with Gasteiger partial charge in [0, 0.05) is 29.7 Å². The highest BCUT2D eigenvalue weighted by molar-refractivity contribution is 14.1. The van der Waals surface area contributed by atoms with Gasteiger partial charge in [0.15, 0.2) is 0 Å². The molecule has 0 saturated heterocycles. The van der Waals surface area contributed by atoms with Gasteiger partial charge in [0.1, 0.15) is 6.04 Å². The van der Waals surface area contributed by atoms with E-state index < -0.39 is 0 Å². The van der Waals surface area contributed by atoms with E-state index in [1.807, 2.05) is 6.92 Å². The zero-order valence-electron chi connectivity index (χ0n) is 7.84. The van der Waals surface area contributed by atoms with Crippen molar-refractivity contribution in [1.82, 2.24) is 5.32 Å². The van der Waals surface area contributed by atoms with Crippen molar-refractivity contribution in [2.75, 3.05) is 7.11 Å². The van der Waals surface area contributed by atoms with Crippen molar-refractivity contribution in [2.24, 2.45) is 0 Å². The van der Waals surface area contributed by atoms with Gasteiger partial charge in [-0.15, -0.1) is 6.42 Å². The number of ether oxygens (including phenoxy) is 1. The van der Waals surface area contributed by atoms with Crippen molar-refractivity contribution >= 4 is 26.5 Å². The minimum Gasteiger partial charge on any atom is -0.378 e. The maximum Gasteiger partial charge on any atom is 0.281 e. The second-order valence-corrected chi connectivity index (χ2v) is 3.60. The van der Waals surface area contributed by atoms with Gasteiger partial charge >= 0.3 is 0 Å². The van der Waals surface area contributed by atoms with Gasteiger partial charge in [-0.1, -0.05) is 19.3 Å². The Balaban J connectivity index is 4.18. The Morgan fingerprint density at radius 1 is 1.77 bits per heavy atom. The second-order valence-electron chi connectivity index (χ2n) is 2.63. The topological polar surface area (TPSA) is 38.3 Å². The van der Waals surface area contributed by atoms with Crippen molar-refractivity contribution in [1.29, 1.82) is 0 Å². The summed E-state index contributed by atoms with van der Waals surface area (Å²) in [5, 5.41) is 2.65. The Labute approximate surface area is 92.7 Å². The molecule has 0 heterocycles. The summed E-state index contributed by atoms with van der Waals surface area (Å²) in [4.78, 5) is 10.8. The monoisotopic (exact) mass is 295 g/mol. The van der Waals surface area contributed by atoms with E-state index in [9.17, 15) is 4.79 Å². The number of amides is 1. The van der Waals surface area contributed by atoms with Crippen LogP contribution in [0.3, 0.4) is 0 Å². The lowest BCUT2D eigenvalue weighted by molar-refractivity contribution is 0.0803. The number of hydrogen-bond donors (Lipinski definition) is 1. The van der Waals surface area contributed by atoms with Gasteiger partial charge < -0.3 is 10.1 Å². The first-order valence-electron chi connectivity index (χ1n) is 4.10. The molecular formula is C9H14INO2. The quantitative estimate of drug-likeness (QED) is 0.364. The highest BCUT2D eigenvalue weighted by atomic mass is 127. The van der Waals surface area contributed by atoms with Crippen LogP contribution in [0.5, 0.6) is 0 Å². The molecule has 74 valence electrons. The van der Waals surface area contributed by atoms with E-state index in [4.69, 9.17) is 11.2 Å². The van der Waals surface area contributed by atoms with Gasteiger partial charge in [-0.2, -0.15) is 0 Å². The van der Waals surface area contributed by atoms with Gasteiger partial charge in [-0.3, -0.25) is 4.79 Å². The fourth-order valence-electron chi connectivity index (χ4n) is 1.07. The number of hydrogen-bond acceptors (Lipinski definition) is 2. The van der Waals surface area contributed by atoms with Crippen LogP contribution in [0, 0.1) is 12.3 Å². The molecule has 4 heteroatoms. The molecule has 0 saturated carbocycles. The van der Waals surface area contributed by atoms with Crippen LogP contribution in [-0.2, 0) is 4.74 Å². The number of nitrogens with one attached hydrogen (secondary N) is 1. The van der Waals surface area contributed by atoms with E-state index in [1.54, 1.807) is 29.7 Å². The fraction of sp³-hybridized carbons (Fsp3) is 0.667. The average Bonchev–Trinajstić information content (AvgIpc) is 2.10. The second kappa shape index (κ2) is 7.15. The van der Waals surface area contributed by atoms with Gasteiger partial charge in [0.2, 0.25) is 0 Å². The molecule has 2 atom stereocenters. The Kier molecular flexibility index (Phi) is 7.00. The molecule has 0 aliphatic heterocycles. The molecule has 0 bridgehead atoms. The lowest BCUT2D eigenvalue weighted by atomic mass is 10.1. The predicted molar refractivity (Wildman–Crippen MR) is 60.9 cm³/mol. The van der Waals surface area contributed by atoms with Crippen molar-refractivity contribution in [3.63, 3.8) is 0 Å². The first-order chi connectivity index (χ1) is 6.15. The van der Waals surface area contributed by atoms with E-state index >= 15 is 0 Å². The number of terminal acetylenes is 1. The molecule has 13 heavy (non-hydrogen) atoms. The molecule has 0 unspecified atom stereocenters. The molecule has 1 N–H and O–H groups in total. The molecule has 0 fully saturated rings. The summed E-state index contributed by atoms with van der Waals surface area (Å²) in [6.45, 7) is 2.05. The smallest absolute Gasteiger partial charge is 0.281 e. The highest BCUT2D eigenvalue weighted by Gasteiger charge is 2.18. The number of carbonyl (C=O) groups excluding carboxylic acids is 1. The van der Waals surface area contributed by atoms with Crippen molar-refractivity contribution in [3.8, 4) is 12.3 Å². The van der Waals surface area contributed by atoms with Crippen LogP contribution in [0.15, 0.2) is 0 Å². The number of rotatable bonds is 5. The molecule has 0 aliphatic rings. The largest absolute Gasteiger partial charge is 0.378 e. The summed E-state index contributed by atoms with van der Waals surface area (Å²) in [7, 11) is 1.60. The van der Waals surface area contributed by atoms with Gasteiger partial charge in [-0.05, 0) is 6.42 Å². The fourth-order valence-corrected chi connectivity index (χ4v) is 1.40. The zero-order chi connectivity index (χ0) is 10.3. The summed E-state index contributed by atoms with van der Waals surface area (Å²) in [6, 6.07) is -0.325.